The number of methoxy groups -OCH3 is 1. The number of aromatic nitrogens is 2. The zero-order valence-electron chi connectivity index (χ0n) is 10.2. The average Bonchev–Trinajstić information content (AvgIpc) is 2.23. The van der Waals surface area contributed by atoms with Gasteiger partial charge in [-0.05, 0) is 13.8 Å². The molecule has 0 radical (unpaired) electrons. The lowest BCUT2D eigenvalue weighted by molar-refractivity contribution is -0.136. The average molecular weight is 240 g/mol. The summed E-state index contributed by atoms with van der Waals surface area (Å²) in [6.45, 7) is 4.14. The molecule has 0 aliphatic carbocycles. The summed E-state index contributed by atoms with van der Waals surface area (Å²) >= 11 is 0. The van der Waals surface area contributed by atoms with Crippen LogP contribution in [0.1, 0.15) is 17.0 Å². The van der Waals surface area contributed by atoms with Gasteiger partial charge in [-0.3, -0.25) is 9.36 Å². The van der Waals surface area contributed by atoms with Crippen LogP contribution in [0.2, 0.25) is 0 Å². The molecule has 1 heterocycles. The number of carbonyl (C=O) groups is 1. The van der Waals surface area contributed by atoms with Crippen LogP contribution < -0.4 is 5.69 Å². The number of rotatable bonds is 5. The number of carboxylic acids is 1. The van der Waals surface area contributed by atoms with Crippen molar-refractivity contribution in [2.45, 2.75) is 26.8 Å². The molecule has 0 unspecified atom stereocenters. The van der Waals surface area contributed by atoms with Crippen molar-refractivity contribution in [2.24, 2.45) is 0 Å². The molecular weight excluding hydrogens is 224 g/mol. The molecule has 0 spiro atoms. The molecule has 0 bridgehead atoms. The Labute approximate surface area is 98.9 Å². The molecule has 0 aliphatic rings. The number of aliphatic carboxylic acids is 1. The van der Waals surface area contributed by atoms with Gasteiger partial charge in [-0.2, -0.15) is 4.98 Å². The third-order valence-electron chi connectivity index (χ3n) is 2.62. The van der Waals surface area contributed by atoms with E-state index < -0.39 is 5.97 Å². The molecule has 94 valence electrons. The molecule has 0 fully saturated rings. The SMILES string of the molecule is COCCn1c(C)c(CC(=O)O)c(C)nc1=O. The summed E-state index contributed by atoms with van der Waals surface area (Å²) in [6, 6.07) is 0. The highest BCUT2D eigenvalue weighted by atomic mass is 16.5. The van der Waals surface area contributed by atoms with Gasteiger partial charge < -0.3 is 9.84 Å². The first kappa shape index (κ1) is 13.4. The van der Waals surface area contributed by atoms with E-state index in [2.05, 4.69) is 4.98 Å². The van der Waals surface area contributed by atoms with E-state index in [-0.39, 0.29) is 12.1 Å². The molecule has 1 aromatic rings. The molecule has 0 aromatic carbocycles. The second-order valence-electron chi connectivity index (χ2n) is 3.76. The number of ether oxygens (including phenoxy) is 1. The van der Waals surface area contributed by atoms with E-state index in [0.29, 0.717) is 30.1 Å². The van der Waals surface area contributed by atoms with E-state index in [4.69, 9.17) is 9.84 Å². The predicted molar refractivity (Wildman–Crippen MR) is 61.2 cm³/mol. The quantitative estimate of drug-likeness (QED) is 0.791. The predicted octanol–water partition coefficient (Wildman–Crippen LogP) is 0.134. The van der Waals surface area contributed by atoms with Crippen LogP contribution in [-0.4, -0.2) is 34.3 Å². The van der Waals surface area contributed by atoms with Crippen molar-refractivity contribution >= 4 is 5.97 Å². The van der Waals surface area contributed by atoms with Crippen LogP contribution >= 0.6 is 0 Å². The minimum atomic E-state index is -0.935. The van der Waals surface area contributed by atoms with Crippen molar-refractivity contribution in [3.63, 3.8) is 0 Å². The second kappa shape index (κ2) is 5.58. The third-order valence-corrected chi connectivity index (χ3v) is 2.62. The van der Waals surface area contributed by atoms with Crippen LogP contribution in [0.15, 0.2) is 4.79 Å². The largest absolute Gasteiger partial charge is 0.481 e. The van der Waals surface area contributed by atoms with E-state index in [0.717, 1.165) is 0 Å². The standard InChI is InChI=1S/C11H16N2O4/c1-7-9(6-10(14)15)8(2)13(4-5-17-3)11(16)12-7/h4-6H2,1-3H3,(H,14,15). The summed E-state index contributed by atoms with van der Waals surface area (Å²) in [7, 11) is 1.54. The van der Waals surface area contributed by atoms with E-state index >= 15 is 0 Å². The fraction of sp³-hybridized carbons (Fsp3) is 0.545. The zero-order valence-corrected chi connectivity index (χ0v) is 10.2. The maximum absolute atomic E-state index is 11.7. The van der Waals surface area contributed by atoms with Crippen molar-refractivity contribution in [1.29, 1.82) is 0 Å². The Morgan fingerprint density at radius 2 is 2.12 bits per heavy atom. The Hall–Kier alpha value is -1.69. The lowest BCUT2D eigenvalue weighted by Gasteiger charge is -2.13. The van der Waals surface area contributed by atoms with Gasteiger partial charge in [-0.25, -0.2) is 4.79 Å². The van der Waals surface area contributed by atoms with E-state index in [1.165, 1.54) is 4.57 Å². The molecule has 0 aliphatic heterocycles. The highest BCUT2D eigenvalue weighted by Gasteiger charge is 2.13. The van der Waals surface area contributed by atoms with Crippen molar-refractivity contribution in [3.8, 4) is 0 Å². The lowest BCUT2D eigenvalue weighted by Crippen LogP contribution is -2.29. The Kier molecular flexibility index (Phi) is 4.39. The fourth-order valence-corrected chi connectivity index (χ4v) is 1.69. The van der Waals surface area contributed by atoms with Gasteiger partial charge in [0.15, 0.2) is 0 Å². The van der Waals surface area contributed by atoms with Gasteiger partial charge in [0.1, 0.15) is 0 Å². The molecule has 0 saturated heterocycles. The van der Waals surface area contributed by atoms with Crippen LogP contribution in [-0.2, 0) is 22.5 Å². The normalized spacial score (nSPS) is 10.5. The second-order valence-corrected chi connectivity index (χ2v) is 3.76. The molecule has 0 atom stereocenters. The molecule has 17 heavy (non-hydrogen) atoms. The van der Waals surface area contributed by atoms with Crippen molar-refractivity contribution in [1.82, 2.24) is 9.55 Å². The summed E-state index contributed by atoms with van der Waals surface area (Å²) in [5, 5.41) is 8.81. The summed E-state index contributed by atoms with van der Waals surface area (Å²) in [4.78, 5) is 26.2. The Morgan fingerprint density at radius 3 is 2.65 bits per heavy atom. The fourth-order valence-electron chi connectivity index (χ4n) is 1.69. The highest BCUT2D eigenvalue weighted by molar-refractivity contribution is 5.70. The number of hydrogen-bond acceptors (Lipinski definition) is 4. The van der Waals surface area contributed by atoms with Gasteiger partial charge in [0.05, 0.1) is 19.6 Å². The van der Waals surface area contributed by atoms with Crippen molar-refractivity contribution in [3.05, 3.63) is 27.4 Å². The van der Waals surface area contributed by atoms with Gasteiger partial charge in [0.25, 0.3) is 0 Å². The summed E-state index contributed by atoms with van der Waals surface area (Å²) in [6.07, 6.45) is -0.127. The van der Waals surface area contributed by atoms with Crippen molar-refractivity contribution in [2.75, 3.05) is 13.7 Å². The number of hydrogen-bond donors (Lipinski definition) is 1. The molecule has 1 N–H and O–H groups in total. The van der Waals surface area contributed by atoms with Crippen LogP contribution in [0, 0.1) is 13.8 Å². The first-order valence-corrected chi connectivity index (χ1v) is 5.25. The smallest absolute Gasteiger partial charge is 0.348 e. The maximum Gasteiger partial charge on any atom is 0.348 e. The van der Waals surface area contributed by atoms with E-state index in [1.807, 2.05) is 0 Å². The Balaban J connectivity index is 3.22. The molecule has 0 saturated carbocycles. The topological polar surface area (TPSA) is 81.4 Å². The van der Waals surface area contributed by atoms with Crippen LogP contribution in [0.3, 0.4) is 0 Å². The lowest BCUT2D eigenvalue weighted by atomic mass is 10.1. The molecule has 1 rings (SSSR count). The summed E-state index contributed by atoms with van der Waals surface area (Å²) in [5.41, 5.74) is 1.34. The number of nitrogens with zero attached hydrogens (tertiary/aromatic N) is 2. The maximum atomic E-state index is 11.7. The van der Waals surface area contributed by atoms with E-state index in [1.54, 1.807) is 21.0 Å². The van der Waals surface area contributed by atoms with Crippen LogP contribution in [0.5, 0.6) is 0 Å². The number of aryl methyl sites for hydroxylation is 1. The first-order valence-electron chi connectivity index (χ1n) is 5.25. The molecule has 6 heteroatoms. The molecule has 1 aromatic heterocycles. The summed E-state index contributed by atoms with van der Waals surface area (Å²) in [5.74, 6) is -0.935. The van der Waals surface area contributed by atoms with Gasteiger partial charge >= 0.3 is 11.7 Å². The van der Waals surface area contributed by atoms with Gasteiger partial charge in [-0.1, -0.05) is 0 Å². The van der Waals surface area contributed by atoms with Gasteiger partial charge in [0.2, 0.25) is 0 Å². The van der Waals surface area contributed by atoms with Crippen molar-refractivity contribution < 1.29 is 14.6 Å². The Morgan fingerprint density at radius 1 is 1.47 bits per heavy atom. The first-order chi connectivity index (χ1) is 7.97. The highest BCUT2D eigenvalue weighted by Crippen LogP contribution is 2.10. The van der Waals surface area contributed by atoms with Crippen LogP contribution in [0.25, 0.3) is 0 Å². The van der Waals surface area contributed by atoms with Crippen LogP contribution in [0.4, 0.5) is 0 Å². The molecule has 0 amide bonds. The zero-order chi connectivity index (χ0) is 13.0. The van der Waals surface area contributed by atoms with Gasteiger partial charge in [-0.15, -0.1) is 0 Å². The Bertz CT molecular complexity index is 479. The van der Waals surface area contributed by atoms with E-state index in [9.17, 15) is 9.59 Å². The monoisotopic (exact) mass is 240 g/mol. The third kappa shape index (κ3) is 3.13. The molecule has 6 nitrogen and oxygen atoms in total. The minimum absolute atomic E-state index is 0.127. The summed E-state index contributed by atoms with van der Waals surface area (Å²) < 4.78 is 6.34. The van der Waals surface area contributed by atoms with Gasteiger partial charge in [0, 0.05) is 24.1 Å². The minimum Gasteiger partial charge on any atom is -0.481 e. The molecular formula is C11H16N2O4. The number of carboxylic acid groups (broad SMARTS) is 1.